The molecule has 1 aromatic rings. The Morgan fingerprint density at radius 1 is 1.39 bits per heavy atom. The number of benzene rings is 1. The molecule has 0 aliphatic carbocycles. The van der Waals surface area contributed by atoms with Crippen LogP contribution in [-0.2, 0) is 4.74 Å². The molecule has 4 unspecified atom stereocenters. The van der Waals surface area contributed by atoms with Gasteiger partial charge in [0, 0.05) is 19.0 Å². The maximum atomic E-state index is 12.5. The molecule has 2 N–H and O–H groups in total. The molecule has 1 aromatic carbocycles. The first kappa shape index (κ1) is 17.8. The highest BCUT2D eigenvalue weighted by Crippen LogP contribution is 2.21. The zero-order valence-electron chi connectivity index (χ0n) is 14.2. The lowest BCUT2D eigenvalue weighted by molar-refractivity contribution is -0.0318. The lowest BCUT2D eigenvalue weighted by Crippen LogP contribution is -2.54. The van der Waals surface area contributed by atoms with Crippen molar-refractivity contribution in [3.8, 4) is 0 Å². The highest BCUT2D eigenvalue weighted by Gasteiger charge is 2.28. The van der Waals surface area contributed by atoms with Crippen molar-refractivity contribution in [1.29, 1.82) is 0 Å². The molecular formula is C18H28N2O3. The van der Waals surface area contributed by atoms with Crippen LogP contribution < -0.4 is 5.32 Å². The van der Waals surface area contributed by atoms with E-state index in [4.69, 9.17) is 4.74 Å². The number of aliphatic hydroxyl groups is 1. The largest absolute Gasteiger partial charge is 0.393 e. The number of carbonyl (C=O) groups excluding carboxylic acids is 1. The third kappa shape index (κ3) is 5.22. The van der Waals surface area contributed by atoms with E-state index >= 15 is 0 Å². The van der Waals surface area contributed by atoms with Gasteiger partial charge in [0.15, 0.2) is 0 Å². The molecule has 128 valence electrons. The Morgan fingerprint density at radius 3 is 2.74 bits per heavy atom. The van der Waals surface area contributed by atoms with Gasteiger partial charge < -0.3 is 20.1 Å². The highest BCUT2D eigenvalue weighted by molar-refractivity contribution is 5.74. The second-order valence-corrected chi connectivity index (χ2v) is 6.52. The van der Waals surface area contributed by atoms with Crippen molar-refractivity contribution in [3.05, 3.63) is 35.9 Å². The summed E-state index contributed by atoms with van der Waals surface area (Å²) in [5.41, 5.74) is 1.14. The predicted octanol–water partition coefficient (Wildman–Crippen LogP) is 2.36. The van der Waals surface area contributed by atoms with E-state index in [9.17, 15) is 9.90 Å². The summed E-state index contributed by atoms with van der Waals surface area (Å²) in [5, 5.41) is 12.8. The van der Waals surface area contributed by atoms with Gasteiger partial charge in [-0.1, -0.05) is 30.3 Å². The Labute approximate surface area is 138 Å². The first-order valence-electron chi connectivity index (χ1n) is 8.36. The summed E-state index contributed by atoms with van der Waals surface area (Å²) in [4.78, 5) is 14.3. The summed E-state index contributed by atoms with van der Waals surface area (Å²) >= 11 is 0. The van der Waals surface area contributed by atoms with Crippen LogP contribution in [0, 0.1) is 0 Å². The normalized spacial score (nSPS) is 24.1. The van der Waals surface area contributed by atoms with E-state index in [1.807, 2.05) is 49.1 Å². The molecule has 0 saturated carbocycles. The van der Waals surface area contributed by atoms with Gasteiger partial charge in [0.25, 0.3) is 0 Å². The number of rotatable bonds is 5. The number of hydrogen-bond acceptors (Lipinski definition) is 3. The Kier molecular flexibility index (Phi) is 6.42. The summed E-state index contributed by atoms with van der Waals surface area (Å²) in [6.07, 6.45) is 0.290. The molecule has 1 fully saturated rings. The Bertz CT molecular complexity index is 492. The van der Waals surface area contributed by atoms with Crippen molar-refractivity contribution in [2.75, 3.05) is 19.7 Å². The average molecular weight is 320 g/mol. The highest BCUT2D eigenvalue weighted by atomic mass is 16.5. The zero-order valence-corrected chi connectivity index (χ0v) is 14.2. The van der Waals surface area contributed by atoms with Crippen molar-refractivity contribution in [2.45, 2.75) is 51.4 Å². The SMILES string of the molecule is CC(O)CC(CNC(=O)N1CC(C)OCC1C)c1ccccc1. The van der Waals surface area contributed by atoms with E-state index in [-0.39, 0.29) is 24.1 Å². The maximum absolute atomic E-state index is 12.5. The van der Waals surface area contributed by atoms with E-state index < -0.39 is 6.10 Å². The topological polar surface area (TPSA) is 61.8 Å². The minimum atomic E-state index is -0.403. The van der Waals surface area contributed by atoms with Crippen LogP contribution in [0.2, 0.25) is 0 Å². The summed E-state index contributed by atoms with van der Waals surface area (Å²) in [7, 11) is 0. The van der Waals surface area contributed by atoms with Gasteiger partial charge in [-0.05, 0) is 32.8 Å². The van der Waals surface area contributed by atoms with Gasteiger partial charge in [0.2, 0.25) is 0 Å². The van der Waals surface area contributed by atoms with Gasteiger partial charge in [-0.2, -0.15) is 0 Å². The molecule has 5 heteroatoms. The molecular weight excluding hydrogens is 292 g/mol. The second kappa shape index (κ2) is 8.31. The average Bonchev–Trinajstić information content (AvgIpc) is 2.54. The smallest absolute Gasteiger partial charge is 0.317 e. The van der Waals surface area contributed by atoms with E-state index in [1.165, 1.54) is 0 Å². The van der Waals surface area contributed by atoms with Crippen LogP contribution in [0.4, 0.5) is 4.79 Å². The van der Waals surface area contributed by atoms with Gasteiger partial charge in [-0.25, -0.2) is 4.79 Å². The molecule has 0 radical (unpaired) electrons. The molecule has 5 nitrogen and oxygen atoms in total. The lowest BCUT2D eigenvalue weighted by Gasteiger charge is -2.37. The van der Waals surface area contributed by atoms with E-state index in [1.54, 1.807) is 6.92 Å². The van der Waals surface area contributed by atoms with E-state index in [2.05, 4.69) is 5.32 Å². The minimum absolute atomic E-state index is 0.0563. The van der Waals surface area contributed by atoms with Crippen LogP contribution >= 0.6 is 0 Å². The molecule has 23 heavy (non-hydrogen) atoms. The zero-order chi connectivity index (χ0) is 16.8. The van der Waals surface area contributed by atoms with Crippen LogP contribution in [0.3, 0.4) is 0 Å². The standard InChI is InChI=1S/C18H28N2O3/c1-13-12-23-15(3)11-20(13)18(22)19-10-17(9-14(2)21)16-7-5-4-6-8-16/h4-8,13-15,17,21H,9-12H2,1-3H3,(H,19,22). The molecule has 0 aromatic heterocycles. The van der Waals surface area contributed by atoms with Gasteiger partial charge in [0.1, 0.15) is 0 Å². The number of urea groups is 1. The molecule has 1 aliphatic heterocycles. The summed E-state index contributed by atoms with van der Waals surface area (Å²) in [6, 6.07) is 10.0. The fourth-order valence-corrected chi connectivity index (χ4v) is 2.97. The Morgan fingerprint density at radius 2 is 2.09 bits per heavy atom. The number of morpholine rings is 1. The summed E-state index contributed by atoms with van der Waals surface area (Å²) < 4.78 is 5.56. The molecule has 1 aliphatic rings. The number of aliphatic hydroxyl groups excluding tert-OH is 1. The quantitative estimate of drug-likeness (QED) is 0.875. The number of nitrogens with one attached hydrogen (secondary N) is 1. The van der Waals surface area contributed by atoms with Crippen LogP contribution in [0.1, 0.15) is 38.7 Å². The van der Waals surface area contributed by atoms with Crippen molar-refractivity contribution in [1.82, 2.24) is 10.2 Å². The van der Waals surface area contributed by atoms with Crippen LogP contribution in [0.25, 0.3) is 0 Å². The third-order valence-corrected chi connectivity index (χ3v) is 4.26. The maximum Gasteiger partial charge on any atom is 0.317 e. The Hall–Kier alpha value is -1.59. The number of amides is 2. The van der Waals surface area contributed by atoms with E-state index in [0.717, 1.165) is 5.56 Å². The first-order valence-corrected chi connectivity index (χ1v) is 8.36. The van der Waals surface area contributed by atoms with Crippen LogP contribution in [-0.4, -0.2) is 54.0 Å². The first-order chi connectivity index (χ1) is 11.0. The number of carbonyl (C=O) groups is 1. The van der Waals surface area contributed by atoms with Gasteiger partial charge in [-0.3, -0.25) is 0 Å². The Balaban J connectivity index is 1.96. The molecule has 1 saturated heterocycles. The molecule has 0 spiro atoms. The van der Waals surface area contributed by atoms with Gasteiger partial charge in [0.05, 0.1) is 24.9 Å². The summed E-state index contributed by atoms with van der Waals surface area (Å²) in [6.45, 7) is 7.46. The minimum Gasteiger partial charge on any atom is -0.393 e. The molecule has 4 atom stereocenters. The fraction of sp³-hybridized carbons (Fsp3) is 0.611. The van der Waals surface area contributed by atoms with Crippen molar-refractivity contribution < 1.29 is 14.6 Å². The van der Waals surface area contributed by atoms with Crippen LogP contribution in [0.15, 0.2) is 30.3 Å². The van der Waals surface area contributed by atoms with Gasteiger partial charge in [-0.15, -0.1) is 0 Å². The van der Waals surface area contributed by atoms with Crippen LogP contribution in [0.5, 0.6) is 0 Å². The number of hydrogen-bond donors (Lipinski definition) is 2. The predicted molar refractivity (Wildman–Crippen MR) is 90.5 cm³/mol. The van der Waals surface area contributed by atoms with Gasteiger partial charge >= 0.3 is 6.03 Å². The number of ether oxygens (including phenoxy) is 1. The van der Waals surface area contributed by atoms with Crippen molar-refractivity contribution >= 4 is 6.03 Å². The monoisotopic (exact) mass is 320 g/mol. The molecule has 2 rings (SSSR count). The second-order valence-electron chi connectivity index (χ2n) is 6.52. The summed E-state index contributed by atoms with van der Waals surface area (Å²) in [5.74, 6) is 0.105. The molecule has 2 amide bonds. The molecule has 0 bridgehead atoms. The van der Waals surface area contributed by atoms with Crippen molar-refractivity contribution in [2.24, 2.45) is 0 Å². The molecule has 1 heterocycles. The van der Waals surface area contributed by atoms with Crippen molar-refractivity contribution in [3.63, 3.8) is 0 Å². The fourth-order valence-electron chi connectivity index (χ4n) is 2.97. The number of nitrogens with zero attached hydrogens (tertiary/aromatic N) is 1. The van der Waals surface area contributed by atoms with E-state index in [0.29, 0.717) is 26.1 Å². The third-order valence-electron chi connectivity index (χ3n) is 4.26. The lowest BCUT2D eigenvalue weighted by atomic mass is 9.93.